The summed E-state index contributed by atoms with van der Waals surface area (Å²) in [5.74, 6) is -2.80. The molecule has 0 unspecified atom stereocenters. The van der Waals surface area contributed by atoms with Gasteiger partial charge in [-0.05, 0) is 30.2 Å². The third-order valence-electron chi connectivity index (χ3n) is 2.82. The van der Waals surface area contributed by atoms with Crippen LogP contribution in [0.15, 0.2) is 36.4 Å². The van der Waals surface area contributed by atoms with Crippen LogP contribution in [0.4, 0.5) is 8.78 Å². The minimum absolute atomic E-state index is 0.335. The largest absolute Gasteiger partial charge is 0.503 e. The highest BCUT2D eigenvalue weighted by Gasteiger charge is 2.09. The molecule has 2 aromatic rings. The predicted octanol–water partition coefficient (Wildman–Crippen LogP) is 3.27. The molecule has 2 rings (SSSR count). The minimum Gasteiger partial charge on any atom is -0.503 e. The van der Waals surface area contributed by atoms with Gasteiger partial charge in [-0.15, -0.1) is 0 Å². The number of nitrogens with one attached hydrogen (secondary N) is 1. The monoisotopic (exact) mass is 263 g/mol. The molecule has 0 heterocycles. The molecule has 0 aliphatic rings. The van der Waals surface area contributed by atoms with E-state index in [0.717, 1.165) is 17.7 Å². The zero-order chi connectivity index (χ0) is 13.8. The molecular formula is C15H15F2NO. The van der Waals surface area contributed by atoms with Gasteiger partial charge in [0.05, 0.1) is 0 Å². The van der Waals surface area contributed by atoms with Crippen LogP contribution in [0.3, 0.4) is 0 Å². The van der Waals surface area contributed by atoms with E-state index in [-0.39, 0.29) is 0 Å². The lowest BCUT2D eigenvalue weighted by atomic mass is 10.1. The normalized spacial score (nSPS) is 10.7. The summed E-state index contributed by atoms with van der Waals surface area (Å²) in [4.78, 5) is 0. The standard InChI is InChI=1S/C15H15F2NO/c1-10-3-2-4-11(5-10)8-18-9-12-6-13(16)15(19)14(17)7-12/h2-7,18-19H,8-9H2,1H3. The Bertz CT molecular complexity index is 561. The van der Waals surface area contributed by atoms with E-state index in [1.807, 2.05) is 31.2 Å². The lowest BCUT2D eigenvalue weighted by Gasteiger charge is -2.07. The number of aryl methyl sites for hydroxylation is 1. The van der Waals surface area contributed by atoms with Crippen molar-refractivity contribution in [1.29, 1.82) is 0 Å². The number of phenols is 1. The van der Waals surface area contributed by atoms with Gasteiger partial charge in [-0.3, -0.25) is 0 Å². The Balaban J connectivity index is 1.96. The van der Waals surface area contributed by atoms with Crippen molar-refractivity contribution in [2.75, 3.05) is 0 Å². The van der Waals surface area contributed by atoms with E-state index in [2.05, 4.69) is 5.32 Å². The van der Waals surface area contributed by atoms with E-state index in [9.17, 15) is 8.78 Å². The maximum Gasteiger partial charge on any atom is 0.187 e. The van der Waals surface area contributed by atoms with E-state index in [1.165, 1.54) is 5.56 Å². The van der Waals surface area contributed by atoms with Crippen LogP contribution in [0.2, 0.25) is 0 Å². The van der Waals surface area contributed by atoms with E-state index in [1.54, 1.807) is 0 Å². The van der Waals surface area contributed by atoms with Crippen molar-refractivity contribution >= 4 is 0 Å². The smallest absolute Gasteiger partial charge is 0.187 e. The molecule has 100 valence electrons. The van der Waals surface area contributed by atoms with Crippen molar-refractivity contribution in [3.8, 4) is 5.75 Å². The zero-order valence-corrected chi connectivity index (χ0v) is 10.6. The maximum atomic E-state index is 13.1. The highest BCUT2D eigenvalue weighted by Crippen LogP contribution is 2.21. The topological polar surface area (TPSA) is 32.3 Å². The Hall–Kier alpha value is -1.94. The van der Waals surface area contributed by atoms with E-state index < -0.39 is 17.4 Å². The van der Waals surface area contributed by atoms with Crippen LogP contribution < -0.4 is 5.32 Å². The summed E-state index contributed by atoms with van der Waals surface area (Å²) in [6.07, 6.45) is 0. The SMILES string of the molecule is Cc1cccc(CNCc2cc(F)c(O)c(F)c2)c1. The van der Waals surface area contributed by atoms with Crippen molar-refractivity contribution in [2.45, 2.75) is 20.0 Å². The van der Waals surface area contributed by atoms with E-state index >= 15 is 0 Å². The summed E-state index contributed by atoms with van der Waals surface area (Å²) >= 11 is 0. The van der Waals surface area contributed by atoms with Gasteiger partial charge in [-0.25, -0.2) is 8.78 Å². The molecule has 4 heteroatoms. The van der Waals surface area contributed by atoms with Crippen molar-refractivity contribution < 1.29 is 13.9 Å². The number of rotatable bonds is 4. The number of hydrogen-bond donors (Lipinski definition) is 2. The molecule has 0 aliphatic carbocycles. The van der Waals surface area contributed by atoms with Gasteiger partial charge in [0.2, 0.25) is 0 Å². The number of hydrogen-bond acceptors (Lipinski definition) is 2. The third kappa shape index (κ3) is 3.51. The highest BCUT2D eigenvalue weighted by molar-refractivity contribution is 5.30. The second-order valence-corrected chi connectivity index (χ2v) is 4.50. The Morgan fingerprint density at radius 3 is 2.26 bits per heavy atom. The van der Waals surface area contributed by atoms with Crippen LogP contribution in [0, 0.1) is 18.6 Å². The first-order valence-corrected chi connectivity index (χ1v) is 5.99. The summed E-state index contributed by atoms with van der Waals surface area (Å²) in [5.41, 5.74) is 2.74. The lowest BCUT2D eigenvalue weighted by Crippen LogP contribution is -2.13. The first kappa shape index (κ1) is 13.5. The second-order valence-electron chi connectivity index (χ2n) is 4.50. The quantitative estimate of drug-likeness (QED) is 0.887. The van der Waals surface area contributed by atoms with E-state index in [0.29, 0.717) is 18.7 Å². The molecule has 0 aliphatic heterocycles. The van der Waals surface area contributed by atoms with Crippen molar-refractivity contribution in [2.24, 2.45) is 0 Å². The molecule has 0 fully saturated rings. The third-order valence-corrected chi connectivity index (χ3v) is 2.82. The van der Waals surface area contributed by atoms with Crippen LogP contribution in [-0.4, -0.2) is 5.11 Å². The summed E-state index contributed by atoms with van der Waals surface area (Å²) in [5, 5.41) is 12.1. The molecule has 0 saturated heterocycles. The number of benzene rings is 2. The molecule has 0 amide bonds. The van der Waals surface area contributed by atoms with Gasteiger partial charge in [-0.2, -0.15) is 0 Å². The van der Waals surface area contributed by atoms with Crippen LogP contribution in [0.5, 0.6) is 5.75 Å². The van der Waals surface area contributed by atoms with Crippen LogP contribution in [0.25, 0.3) is 0 Å². The lowest BCUT2D eigenvalue weighted by molar-refractivity contribution is 0.395. The minimum atomic E-state index is -0.938. The van der Waals surface area contributed by atoms with Gasteiger partial charge in [0.1, 0.15) is 0 Å². The summed E-state index contributed by atoms with van der Waals surface area (Å²) < 4.78 is 26.3. The van der Waals surface area contributed by atoms with Gasteiger partial charge in [-0.1, -0.05) is 29.8 Å². The van der Waals surface area contributed by atoms with Crippen LogP contribution in [0.1, 0.15) is 16.7 Å². The van der Waals surface area contributed by atoms with Gasteiger partial charge in [0.25, 0.3) is 0 Å². The van der Waals surface area contributed by atoms with Crippen molar-refractivity contribution in [1.82, 2.24) is 5.32 Å². The van der Waals surface area contributed by atoms with Crippen LogP contribution in [-0.2, 0) is 13.1 Å². The summed E-state index contributed by atoms with van der Waals surface area (Å²) in [6.45, 7) is 2.96. The Kier molecular flexibility index (Phi) is 4.12. The predicted molar refractivity (Wildman–Crippen MR) is 69.7 cm³/mol. The van der Waals surface area contributed by atoms with E-state index in [4.69, 9.17) is 5.11 Å². The summed E-state index contributed by atoms with van der Waals surface area (Å²) in [6, 6.07) is 10.3. The first-order valence-electron chi connectivity index (χ1n) is 5.99. The molecule has 2 N–H and O–H groups in total. The molecule has 2 aromatic carbocycles. The molecule has 0 atom stereocenters. The Labute approximate surface area is 110 Å². The molecule has 19 heavy (non-hydrogen) atoms. The summed E-state index contributed by atoms with van der Waals surface area (Å²) in [7, 11) is 0. The molecule has 2 nitrogen and oxygen atoms in total. The number of aromatic hydroxyl groups is 1. The average molecular weight is 263 g/mol. The van der Waals surface area contributed by atoms with Gasteiger partial charge in [0, 0.05) is 13.1 Å². The number of phenolic OH excluding ortho intramolecular Hbond substituents is 1. The number of halogens is 2. The van der Waals surface area contributed by atoms with Gasteiger partial charge in [0.15, 0.2) is 17.4 Å². The fourth-order valence-electron chi connectivity index (χ4n) is 1.89. The Morgan fingerprint density at radius 2 is 1.63 bits per heavy atom. The van der Waals surface area contributed by atoms with Gasteiger partial charge < -0.3 is 10.4 Å². The Morgan fingerprint density at radius 1 is 1.00 bits per heavy atom. The second kappa shape index (κ2) is 5.80. The molecule has 0 radical (unpaired) electrons. The van der Waals surface area contributed by atoms with Crippen LogP contribution >= 0.6 is 0 Å². The fourth-order valence-corrected chi connectivity index (χ4v) is 1.89. The fraction of sp³-hybridized carbons (Fsp3) is 0.200. The van der Waals surface area contributed by atoms with Crippen molar-refractivity contribution in [3.63, 3.8) is 0 Å². The first-order chi connectivity index (χ1) is 9.06. The molecule has 0 bridgehead atoms. The highest BCUT2D eigenvalue weighted by atomic mass is 19.1. The zero-order valence-electron chi connectivity index (χ0n) is 10.6. The van der Waals surface area contributed by atoms with Crippen molar-refractivity contribution in [3.05, 3.63) is 64.7 Å². The molecular weight excluding hydrogens is 248 g/mol. The average Bonchev–Trinajstić information content (AvgIpc) is 2.36. The molecule has 0 spiro atoms. The maximum absolute atomic E-state index is 13.1. The molecule has 0 saturated carbocycles. The van der Waals surface area contributed by atoms with Gasteiger partial charge >= 0.3 is 0 Å². The molecule has 0 aromatic heterocycles.